The number of carbonyl (C=O) groups excluding carboxylic acids is 1. The first-order valence-corrected chi connectivity index (χ1v) is 7.26. The fourth-order valence-electron chi connectivity index (χ4n) is 2.31. The molecule has 5 nitrogen and oxygen atoms in total. The van der Waals surface area contributed by atoms with Crippen LogP contribution in [0.1, 0.15) is 6.92 Å². The third kappa shape index (κ3) is 3.72. The highest BCUT2D eigenvalue weighted by molar-refractivity contribution is 9.10. The molecule has 1 saturated heterocycles. The molecule has 1 amide bonds. The van der Waals surface area contributed by atoms with Crippen LogP contribution in [0.3, 0.4) is 0 Å². The van der Waals surface area contributed by atoms with Gasteiger partial charge in [0.25, 0.3) is 5.91 Å². The highest BCUT2D eigenvalue weighted by atomic mass is 79.9. The molecule has 1 heterocycles. The average Bonchev–Trinajstić information content (AvgIpc) is 2.80. The van der Waals surface area contributed by atoms with Crippen LogP contribution >= 0.6 is 15.9 Å². The highest BCUT2D eigenvalue weighted by Crippen LogP contribution is 2.24. The minimum Gasteiger partial charge on any atom is -0.481 e. The molecule has 2 rings (SSSR count). The fourth-order valence-corrected chi connectivity index (χ4v) is 2.65. The van der Waals surface area contributed by atoms with Crippen molar-refractivity contribution in [3.8, 4) is 5.75 Å². The van der Waals surface area contributed by atoms with Crippen LogP contribution < -0.4 is 4.74 Å². The topological polar surface area (TPSA) is 66.8 Å². The fraction of sp³-hybridized carbons (Fsp3) is 0.429. The number of hydrogen-bond acceptors (Lipinski definition) is 3. The lowest BCUT2D eigenvalue weighted by molar-refractivity contribution is -0.142. The Morgan fingerprint density at radius 1 is 1.48 bits per heavy atom. The minimum absolute atomic E-state index is 0.00594. The molecule has 0 aliphatic carbocycles. The normalized spacial score (nSPS) is 21.4. The Balaban J connectivity index is 1.92. The lowest BCUT2D eigenvalue weighted by Gasteiger charge is -2.16. The van der Waals surface area contributed by atoms with Gasteiger partial charge in [-0.05, 0) is 24.1 Å². The van der Waals surface area contributed by atoms with Crippen molar-refractivity contribution < 1.29 is 23.8 Å². The number of aliphatic carboxylic acids is 1. The van der Waals surface area contributed by atoms with E-state index in [2.05, 4.69) is 15.9 Å². The maximum Gasteiger partial charge on any atom is 0.308 e. The van der Waals surface area contributed by atoms with Crippen molar-refractivity contribution in [1.29, 1.82) is 0 Å². The number of carbonyl (C=O) groups is 2. The van der Waals surface area contributed by atoms with Crippen molar-refractivity contribution in [2.45, 2.75) is 6.92 Å². The Labute approximate surface area is 129 Å². The molecule has 1 aliphatic heterocycles. The third-order valence-electron chi connectivity index (χ3n) is 3.53. The van der Waals surface area contributed by atoms with Gasteiger partial charge in [0.15, 0.2) is 18.2 Å². The van der Waals surface area contributed by atoms with Gasteiger partial charge >= 0.3 is 5.97 Å². The molecule has 7 heteroatoms. The third-order valence-corrected chi connectivity index (χ3v) is 4.02. The molecule has 0 spiro atoms. The summed E-state index contributed by atoms with van der Waals surface area (Å²) in [6.45, 7) is 2.03. The molecule has 114 valence electrons. The van der Waals surface area contributed by atoms with Gasteiger partial charge in [0.05, 0.1) is 5.92 Å². The molecule has 1 N–H and O–H groups in total. The summed E-state index contributed by atoms with van der Waals surface area (Å²) in [7, 11) is 0. The van der Waals surface area contributed by atoms with Gasteiger partial charge in [0, 0.05) is 17.6 Å². The maximum absolute atomic E-state index is 13.6. The van der Waals surface area contributed by atoms with E-state index in [1.165, 1.54) is 17.0 Å². The number of amides is 1. The van der Waals surface area contributed by atoms with Crippen LogP contribution in [-0.2, 0) is 9.59 Å². The SMILES string of the molecule is CC1CN(C(=O)COc2ccc(Br)cc2F)CC1C(=O)O. The molecular weight excluding hydrogens is 345 g/mol. The van der Waals surface area contributed by atoms with Gasteiger partial charge in [-0.25, -0.2) is 4.39 Å². The number of carboxylic acid groups (broad SMARTS) is 1. The van der Waals surface area contributed by atoms with Crippen molar-refractivity contribution in [3.63, 3.8) is 0 Å². The summed E-state index contributed by atoms with van der Waals surface area (Å²) < 4.78 is 19.3. The standard InChI is InChI=1S/C14H15BrFNO4/c1-8-5-17(6-10(8)14(19)20)13(18)7-21-12-3-2-9(15)4-11(12)16/h2-4,8,10H,5-7H2,1H3,(H,19,20). The van der Waals surface area contributed by atoms with E-state index in [0.717, 1.165) is 0 Å². The molecule has 1 aliphatic rings. The zero-order valence-electron chi connectivity index (χ0n) is 11.4. The molecule has 0 saturated carbocycles. The summed E-state index contributed by atoms with van der Waals surface area (Å²) in [6.07, 6.45) is 0. The van der Waals surface area contributed by atoms with Crippen molar-refractivity contribution in [2.24, 2.45) is 11.8 Å². The second kappa shape index (κ2) is 6.43. The first-order chi connectivity index (χ1) is 9.88. The molecule has 1 fully saturated rings. The molecule has 1 aromatic carbocycles. The Morgan fingerprint density at radius 3 is 2.76 bits per heavy atom. The van der Waals surface area contributed by atoms with E-state index in [4.69, 9.17) is 9.84 Å². The number of hydrogen-bond donors (Lipinski definition) is 1. The zero-order valence-corrected chi connectivity index (χ0v) is 13.0. The maximum atomic E-state index is 13.6. The summed E-state index contributed by atoms with van der Waals surface area (Å²) in [5.41, 5.74) is 0. The predicted molar refractivity (Wildman–Crippen MR) is 76.5 cm³/mol. The van der Waals surface area contributed by atoms with Crippen LogP contribution in [0, 0.1) is 17.7 Å². The molecule has 1 aromatic rings. The number of halogens is 2. The van der Waals surface area contributed by atoms with Crippen LogP contribution in [0.2, 0.25) is 0 Å². The molecule has 0 radical (unpaired) electrons. The zero-order chi connectivity index (χ0) is 15.6. The Bertz CT molecular complexity index is 566. The number of carboxylic acids is 1. The summed E-state index contributed by atoms with van der Waals surface area (Å²) in [6, 6.07) is 4.29. The van der Waals surface area contributed by atoms with Crippen LogP contribution in [0.15, 0.2) is 22.7 Å². The second-order valence-corrected chi connectivity index (χ2v) is 6.00. The average molecular weight is 360 g/mol. The summed E-state index contributed by atoms with van der Waals surface area (Å²) >= 11 is 3.13. The monoisotopic (exact) mass is 359 g/mol. The summed E-state index contributed by atoms with van der Waals surface area (Å²) in [5.74, 6) is -2.47. The van der Waals surface area contributed by atoms with Crippen LogP contribution in [-0.4, -0.2) is 41.6 Å². The molecular formula is C14H15BrFNO4. The van der Waals surface area contributed by atoms with Gasteiger partial charge in [-0.1, -0.05) is 22.9 Å². The largest absolute Gasteiger partial charge is 0.481 e. The van der Waals surface area contributed by atoms with Crippen molar-refractivity contribution in [1.82, 2.24) is 4.90 Å². The van der Waals surface area contributed by atoms with Gasteiger partial charge in [0.1, 0.15) is 0 Å². The van der Waals surface area contributed by atoms with E-state index in [1.54, 1.807) is 13.0 Å². The van der Waals surface area contributed by atoms with Crippen LogP contribution in [0.25, 0.3) is 0 Å². The summed E-state index contributed by atoms with van der Waals surface area (Å²) in [4.78, 5) is 24.4. The smallest absolute Gasteiger partial charge is 0.308 e. The molecule has 2 atom stereocenters. The number of benzene rings is 1. The second-order valence-electron chi connectivity index (χ2n) is 5.08. The molecule has 2 unspecified atom stereocenters. The van der Waals surface area contributed by atoms with E-state index in [-0.39, 0.29) is 30.7 Å². The number of nitrogens with zero attached hydrogens (tertiary/aromatic N) is 1. The minimum atomic E-state index is -0.905. The van der Waals surface area contributed by atoms with E-state index in [0.29, 0.717) is 11.0 Å². The van der Waals surface area contributed by atoms with Crippen LogP contribution in [0.5, 0.6) is 5.75 Å². The first-order valence-electron chi connectivity index (χ1n) is 6.47. The summed E-state index contributed by atoms with van der Waals surface area (Å²) in [5, 5.41) is 9.03. The Hall–Kier alpha value is -1.63. The number of rotatable bonds is 4. The van der Waals surface area contributed by atoms with E-state index >= 15 is 0 Å². The van der Waals surface area contributed by atoms with Crippen LogP contribution in [0.4, 0.5) is 4.39 Å². The van der Waals surface area contributed by atoms with Crippen molar-refractivity contribution >= 4 is 27.8 Å². The van der Waals surface area contributed by atoms with Gasteiger partial charge in [0.2, 0.25) is 0 Å². The van der Waals surface area contributed by atoms with E-state index < -0.39 is 17.7 Å². The first kappa shape index (κ1) is 15.8. The van der Waals surface area contributed by atoms with Crippen molar-refractivity contribution in [2.75, 3.05) is 19.7 Å². The lowest BCUT2D eigenvalue weighted by Crippen LogP contribution is -2.34. The van der Waals surface area contributed by atoms with E-state index in [1.807, 2.05) is 0 Å². The van der Waals surface area contributed by atoms with Gasteiger partial charge in [-0.15, -0.1) is 0 Å². The quantitative estimate of drug-likeness (QED) is 0.894. The molecule has 0 bridgehead atoms. The molecule has 21 heavy (non-hydrogen) atoms. The van der Waals surface area contributed by atoms with Gasteiger partial charge in [-0.2, -0.15) is 0 Å². The molecule has 0 aromatic heterocycles. The highest BCUT2D eigenvalue weighted by Gasteiger charge is 2.36. The lowest BCUT2D eigenvalue weighted by atomic mass is 9.99. The van der Waals surface area contributed by atoms with Gasteiger partial charge < -0.3 is 14.7 Å². The number of ether oxygens (including phenoxy) is 1. The van der Waals surface area contributed by atoms with Crippen molar-refractivity contribution in [3.05, 3.63) is 28.5 Å². The number of likely N-dealkylation sites (tertiary alicyclic amines) is 1. The Morgan fingerprint density at radius 2 is 2.19 bits per heavy atom. The van der Waals surface area contributed by atoms with E-state index in [9.17, 15) is 14.0 Å². The predicted octanol–water partition coefficient (Wildman–Crippen LogP) is 2.15. The Kier molecular flexibility index (Phi) is 4.82. The van der Waals surface area contributed by atoms with Gasteiger partial charge in [-0.3, -0.25) is 9.59 Å².